The van der Waals surface area contributed by atoms with Crippen molar-refractivity contribution in [3.05, 3.63) is 47.7 Å². The van der Waals surface area contributed by atoms with E-state index in [1.54, 1.807) is 0 Å². The molecule has 1 saturated carbocycles. The fourth-order valence-electron chi connectivity index (χ4n) is 4.94. The fraction of sp³-hybridized carbons (Fsp3) is 0.560. The van der Waals surface area contributed by atoms with Crippen molar-refractivity contribution in [2.24, 2.45) is 5.92 Å². The first-order valence-electron chi connectivity index (χ1n) is 11.3. The number of anilines is 1. The molecule has 1 atom stereocenters. The Labute approximate surface area is 175 Å². The summed E-state index contributed by atoms with van der Waals surface area (Å²) in [6, 6.07) is 11.9. The molecule has 2 aliphatic rings. The van der Waals surface area contributed by atoms with Crippen LogP contribution in [0.25, 0.3) is 11.1 Å². The summed E-state index contributed by atoms with van der Waals surface area (Å²) < 4.78 is 0. The van der Waals surface area contributed by atoms with Crippen molar-refractivity contribution in [1.29, 1.82) is 0 Å². The van der Waals surface area contributed by atoms with E-state index >= 15 is 0 Å². The average Bonchev–Trinajstić information content (AvgIpc) is 3.14. The van der Waals surface area contributed by atoms with Gasteiger partial charge in [-0.1, -0.05) is 24.3 Å². The van der Waals surface area contributed by atoms with Crippen molar-refractivity contribution >= 4 is 5.82 Å². The van der Waals surface area contributed by atoms with Gasteiger partial charge in [-0.15, -0.1) is 0 Å². The molecule has 1 aromatic carbocycles. The topological polar surface area (TPSA) is 62.4 Å². The molecule has 2 aromatic rings. The number of aryl methyl sites for hydroxylation is 1. The Morgan fingerprint density at radius 3 is 2.52 bits per heavy atom. The minimum absolute atomic E-state index is 0.0852. The third-order valence-electron chi connectivity index (χ3n) is 7.00. The Bertz CT molecular complexity index is 796. The van der Waals surface area contributed by atoms with Crippen molar-refractivity contribution in [2.45, 2.75) is 77.0 Å². The standard InChI is InChI=1S/C25H35N3O/c1-18-3-2-14-28(18)17-20-5-9-21(10-6-20)23-15-22(25(26)27-16-23)11-4-19-7-12-24(29)13-8-19/h5-6,9-10,15-16,18-19,24,29H,2-4,7-8,11-14,17H2,1H3,(H2,26,27)/t18-,19?,24?/m1/s1. The van der Waals surface area contributed by atoms with Crippen molar-refractivity contribution in [3.63, 3.8) is 0 Å². The van der Waals surface area contributed by atoms with E-state index < -0.39 is 0 Å². The summed E-state index contributed by atoms with van der Waals surface area (Å²) in [6.07, 6.45) is 10.7. The summed E-state index contributed by atoms with van der Waals surface area (Å²) in [5.74, 6) is 1.36. The molecule has 0 bridgehead atoms. The number of aliphatic hydroxyl groups is 1. The van der Waals surface area contributed by atoms with Gasteiger partial charge in [-0.25, -0.2) is 4.98 Å². The Morgan fingerprint density at radius 1 is 1.07 bits per heavy atom. The Kier molecular flexibility index (Phi) is 6.51. The second kappa shape index (κ2) is 9.27. The van der Waals surface area contributed by atoms with Crippen LogP contribution >= 0.6 is 0 Å². The van der Waals surface area contributed by atoms with Crippen LogP contribution < -0.4 is 5.73 Å². The van der Waals surface area contributed by atoms with Crippen LogP contribution in [-0.4, -0.2) is 33.7 Å². The van der Waals surface area contributed by atoms with E-state index in [0.717, 1.165) is 56.2 Å². The van der Waals surface area contributed by atoms with Crippen LogP contribution in [0.5, 0.6) is 0 Å². The van der Waals surface area contributed by atoms with Crippen LogP contribution in [0.2, 0.25) is 0 Å². The number of nitrogens with zero attached hydrogens (tertiary/aromatic N) is 2. The van der Waals surface area contributed by atoms with Crippen molar-refractivity contribution in [3.8, 4) is 11.1 Å². The van der Waals surface area contributed by atoms with Gasteiger partial charge in [0.25, 0.3) is 0 Å². The van der Waals surface area contributed by atoms with E-state index in [1.165, 1.54) is 30.5 Å². The number of likely N-dealkylation sites (tertiary alicyclic amines) is 1. The molecular weight excluding hydrogens is 358 g/mol. The van der Waals surface area contributed by atoms with Gasteiger partial charge >= 0.3 is 0 Å². The van der Waals surface area contributed by atoms with Crippen LogP contribution in [0.4, 0.5) is 5.82 Å². The van der Waals surface area contributed by atoms with Crippen LogP contribution in [0, 0.1) is 5.92 Å². The monoisotopic (exact) mass is 393 g/mol. The number of pyridine rings is 1. The number of nitrogen functional groups attached to an aromatic ring is 1. The lowest BCUT2D eigenvalue weighted by atomic mass is 9.84. The van der Waals surface area contributed by atoms with E-state index in [9.17, 15) is 5.11 Å². The normalized spacial score (nSPS) is 25.4. The molecule has 29 heavy (non-hydrogen) atoms. The van der Waals surface area contributed by atoms with Crippen molar-refractivity contribution in [1.82, 2.24) is 9.88 Å². The van der Waals surface area contributed by atoms with Gasteiger partial charge in [0.05, 0.1) is 6.10 Å². The molecule has 4 rings (SSSR count). The molecule has 4 heteroatoms. The molecule has 1 saturated heterocycles. The Morgan fingerprint density at radius 2 is 1.83 bits per heavy atom. The number of rotatable bonds is 6. The Hall–Kier alpha value is -1.91. The molecule has 2 fully saturated rings. The lowest BCUT2D eigenvalue weighted by Crippen LogP contribution is -2.26. The van der Waals surface area contributed by atoms with Gasteiger partial charge in [0.1, 0.15) is 5.82 Å². The van der Waals surface area contributed by atoms with Gasteiger partial charge in [-0.2, -0.15) is 0 Å². The summed E-state index contributed by atoms with van der Waals surface area (Å²) in [4.78, 5) is 7.05. The highest BCUT2D eigenvalue weighted by molar-refractivity contribution is 5.65. The zero-order valence-corrected chi connectivity index (χ0v) is 17.7. The predicted molar refractivity (Wildman–Crippen MR) is 119 cm³/mol. The highest BCUT2D eigenvalue weighted by atomic mass is 16.3. The van der Waals surface area contributed by atoms with Crippen LogP contribution in [0.3, 0.4) is 0 Å². The second-order valence-corrected chi connectivity index (χ2v) is 9.14. The summed E-state index contributed by atoms with van der Waals surface area (Å²) in [7, 11) is 0. The SMILES string of the molecule is C[C@@H]1CCCN1Cc1ccc(-c2cnc(N)c(CCC3CCC(O)CC3)c2)cc1. The third kappa shape index (κ3) is 5.18. The van der Waals surface area contributed by atoms with E-state index in [2.05, 4.69) is 47.1 Å². The summed E-state index contributed by atoms with van der Waals surface area (Å²) in [5, 5.41) is 9.70. The van der Waals surface area contributed by atoms with Gasteiger partial charge in [0.15, 0.2) is 0 Å². The summed E-state index contributed by atoms with van der Waals surface area (Å²) in [5.41, 5.74) is 11.1. The van der Waals surface area contributed by atoms with Crippen LogP contribution in [0.1, 0.15) is 63.0 Å². The number of benzene rings is 1. The van der Waals surface area contributed by atoms with Crippen molar-refractivity contribution in [2.75, 3.05) is 12.3 Å². The first-order valence-corrected chi connectivity index (χ1v) is 11.3. The number of aliphatic hydroxyl groups excluding tert-OH is 1. The van der Waals surface area contributed by atoms with E-state index in [0.29, 0.717) is 17.8 Å². The molecule has 156 valence electrons. The first-order chi connectivity index (χ1) is 14.1. The maximum Gasteiger partial charge on any atom is 0.126 e. The van der Waals surface area contributed by atoms with Gasteiger partial charge in [0, 0.05) is 24.3 Å². The van der Waals surface area contributed by atoms with Gasteiger partial charge in [0.2, 0.25) is 0 Å². The van der Waals surface area contributed by atoms with E-state index in [1.807, 2.05) is 6.20 Å². The highest BCUT2D eigenvalue weighted by Crippen LogP contribution is 2.30. The lowest BCUT2D eigenvalue weighted by molar-refractivity contribution is 0.106. The molecule has 0 radical (unpaired) electrons. The zero-order chi connectivity index (χ0) is 20.2. The highest BCUT2D eigenvalue weighted by Gasteiger charge is 2.21. The van der Waals surface area contributed by atoms with Crippen molar-refractivity contribution < 1.29 is 5.11 Å². The molecule has 0 amide bonds. The van der Waals surface area contributed by atoms with Gasteiger partial charge in [-0.05, 0) is 93.5 Å². The molecule has 1 aliphatic heterocycles. The molecule has 2 heterocycles. The van der Waals surface area contributed by atoms with E-state index in [-0.39, 0.29) is 6.10 Å². The zero-order valence-electron chi connectivity index (χ0n) is 17.7. The molecule has 4 nitrogen and oxygen atoms in total. The predicted octanol–water partition coefficient (Wildman–Crippen LogP) is 4.80. The van der Waals surface area contributed by atoms with Crippen LogP contribution in [0.15, 0.2) is 36.5 Å². The first kappa shape index (κ1) is 20.4. The fourth-order valence-corrected chi connectivity index (χ4v) is 4.94. The molecular formula is C25H35N3O. The Balaban J connectivity index is 1.40. The number of hydrogen-bond donors (Lipinski definition) is 2. The van der Waals surface area contributed by atoms with E-state index in [4.69, 9.17) is 5.73 Å². The van der Waals surface area contributed by atoms with Gasteiger partial charge in [-0.3, -0.25) is 4.90 Å². The minimum atomic E-state index is -0.0852. The molecule has 1 aromatic heterocycles. The molecule has 3 N–H and O–H groups in total. The van der Waals surface area contributed by atoms with Gasteiger partial charge < -0.3 is 10.8 Å². The second-order valence-electron chi connectivity index (χ2n) is 9.14. The minimum Gasteiger partial charge on any atom is -0.393 e. The molecule has 1 aliphatic carbocycles. The number of hydrogen-bond acceptors (Lipinski definition) is 4. The number of nitrogens with two attached hydrogens (primary N) is 1. The molecule has 0 spiro atoms. The average molecular weight is 394 g/mol. The quantitative estimate of drug-likeness (QED) is 0.740. The summed E-state index contributed by atoms with van der Waals surface area (Å²) in [6.45, 7) is 4.59. The smallest absolute Gasteiger partial charge is 0.126 e. The maximum atomic E-state index is 9.70. The molecule has 0 unspecified atom stereocenters. The lowest BCUT2D eigenvalue weighted by Gasteiger charge is -2.25. The summed E-state index contributed by atoms with van der Waals surface area (Å²) >= 11 is 0. The largest absolute Gasteiger partial charge is 0.393 e. The number of aromatic nitrogens is 1. The van der Waals surface area contributed by atoms with Crippen LogP contribution in [-0.2, 0) is 13.0 Å². The maximum absolute atomic E-state index is 9.70. The third-order valence-corrected chi connectivity index (χ3v) is 7.00.